The van der Waals surface area contributed by atoms with E-state index in [1.807, 2.05) is 17.0 Å². The van der Waals surface area contributed by atoms with Gasteiger partial charge in [0, 0.05) is 13.1 Å². The Morgan fingerprint density at radius 3 is 2.40 bits per heavy atom. The summed E-state index contributed by atoms with van der Waals surface area (Å²) >= 11 is 0. The van der Waals surface area contributed by atoms with Crippen LogP contribution in [-0.4, -0.2) is 25.6 Å². The quantitative estimate of drug-likeness (QED) is 0.612. The van der Waals surface area contributed by atoms with Crippen LogP contribution in [0.2, 0.25) is 0 Å². The smallest absolute Gasteiger partial charge is 0.416 e. The molecule has 1 amide bonds. The summed E-state index contributed by atoms with van der Waals surface area (Å²) in [4.78, 5) is 14.4. The summed E-state index contributed by atoms with van der Waals surface area (Å²) < 4.78 is 45.0. The lowest BCUT2D eigenvalue weighted by molar-refractivity contribution is -0.137. The fourth-order valence-electron chi connectivity index (χ4n) is 3.51. The summed E-state index contributed by atoms with van der Waals surface area (Å²) in [6.07, 6.45) is -1.50. The Morgan fingerprint density at radius 1 is 1.13 bits per heavy atom. The number of alkyl halides is 3. The molecule has 2 aromatic carbocycles. The number of carbonyl (C=O) groups excluding carboxylic acids is 1. The number of nitrogens with one attached hydrogen (secondary N) is 1. The van der Waals surface area contributed by atoms with Crippen molar-refractivity contribution in [3.8, 4) is 5.75 Å². The molecular weight excluding hydrogens is 393 g/mol. The SMILES string of the molecule is CC[C@@H](C)c1ccc(OCC(=O)Nc2cc(C(F)(F)F)ccc2N2CCCC2)cc1. The summed E-state index contributed by atoms with van der Waals surface area (Å²) in [5.41, 5.74) is 1.16. The second kappa shape index (κ2) is 9.41. The molecule has 0 spiro atoms. The largest absolute Gasteiger partial charge is 0.484 e. The number of hydrogen-bond donors (Lipinski definition) is 1. The van der Waals surface area contributed by atoms with E-state index < -0.39 is 17.6 Å². The highest BCUT2D eigenvalue weighted by molar-refractivity contribution is 5.95. The number of nitrogens with zero attached hydrogens (tertiary/aromatic N) is 1. The molecular formula is C23H27F3N2O2. The zero-order valence-electron chi connectivity index (χ0n) is 17.3. The molecule has 4 nitrogen and oxygen atoms in total. The molecule has 0 saturated carbocycles. The summed E-state index contributed by atoms with van der Waals surface area (Å²) in [7, 11) is 0. The fraction of sp³-hybridized carbons (Fsp3) is 0.435. The summed E-state index contributed by atoms with van der Waals surface area (Å²) in [6, 6.07) is 11.0. The minimum absolute atomic E-state index is 0.160. The number of amides is 1. The topological polar surface area (TPSA) is 41.6 Å². The maximum absolute atomic E-state index is 13.1. The van der Waals surface area contributed by atoms with Crippen molar-refractivity contribution in [1.82, 2.24) is 0 Å². The third kappa shape index (κ3) is 5.46. The number of hydrogen-bond acceptors (Lipinski definition) is 3. The molecule has 30 heavy (non-hydrogen) atoms. The molecule has 1 fully saturated rings. The Labute approximate surface area is 175 Å². The first-order valence-corrected chi connectivity index (χ1v) is 10.3. The minimum Gasteiger partial charge on any atom is -0.484 e. The molecule has 1 heterocycles. The maximum atomic E-state index is 13.1. The van der Waals surface area contributed by atoms with Gasteiger partial charge in [-0.2, -0.15) is 13.2 Å². The van der Waals surface area contributed by atoms with Gasteiger partial charge in [-0.1, -0.05) is 26.0 Å². The molecule has 1 aliphatic rings. The molecule has 2 aromatic rings. The predicted molar refractivity (Wildman–Crippen MR) is 112 cm³/mol. The van der Waals surface area contributed by atoms with Gasteiger partial charge in [-0.15, -0.1) is 0 Å². The van der Waals surface area contributed by atoms with Gasteiger partial charge in [-0.3, -0.25) is 4.79 Å². The second-order valence-corrected chi connectivity index (χ2v) is 7.64. The minimum atomic E-state index is -4.48. The summed E-state index contributed by atoms with van der Waals surface area (Å²) in [5.74, 6) is 0.481. The zero-order valence-corrected chi connectivity index (χ0v) is 17.3. The normalized spacial score (nSPS) is 15.2. The number of ether oxygens (including phenoxy) is 1. The van der Waals surface area contributed by atoms with Gasteiger partial charge in [-0.25, -0.2) is 0 Å². The van der Waals surface area contributed by atoms with Crippen LogP contribution in [0.1, 0.15) is 50.2 Å². The Bertz CT molecular complexity index is 860. The maximum Gasteiger partial charge on any atom is 0.416 e. The highest BCUT2D eigenvalue weighted by Gasteiger charge is 2.32. The fourth-order valence-corrected chi connectivity index (χ4v) is 3.51. The van der Waals surface area contributed by atoms with Gasteiger partial charge in [0.15, 0.2) is 6.61 Å². The Hall–Kier alpha value is -2.70. The lowest BCUT2D eigenvalue weighted by Gasteiger charge is -2.23. The van der Waals surface area contributed by atoms with Crippen LogP contribution >= 0.6 is 0 Å². The van der Waals surface area contributed by atoms with Gasteiger partial charge in [0.2, 0.25) is 0 Å². The molecule has 0 aromatic heterocycles. The van der Waals surface area contributed by atoms with Gasteiger partial charge in [0.1, 0.15) is 5.75 Å². The molecule has 0 aliphatic carbocycles. The van der Waals surface area contributed by atoms with Gasteiger partial charge in [0.05, 0.1) is 16.9 Å². The van der Waals surface area contributed by atoms with E-state index in [2.05, 4.69) is 19.2 Å². The highest BCUT2D eigenvalue weighted by atomic mass is 19.4. The average molecular weight is 420 g/mol. The summed E-state index contributed by atoms with van der Waals surface area (Å²) in [5, 5.41) is 2.60. The lowest BCUT2D eigenvalue weighted by atomic mass is 9.99. The van der Waals surface area contributed by atoms with Crippen LogP contribution in [0.4, 0.5) is 24.5 Å². The highest BCUT2D eigenvalue weighted by Crippen LogP contribution is 2.36. The van der Waals surface area contributed by atoms with Crippen LogP contribution in [0, 0.1) is 0 Å². The van der Waals surface area contributed by atoms with Crippen molar-refractivity contribution in [3.63, 3.8) is 0 Å². The van der Waals surface area contributed by atoms with Crippen LogP contribution in [0.3, 0.4) is 0 Å². The molecule has 1 atom stereocenters. The lowest BCUT2D eigenvalue weighted by Crippen LogP contribution is -2.24. The first kappa shape index (κ1) is 22.0. The Balaban J connectivity index is 1.68. The number of anilines is 2. The molecule has 162 valence electrons. The number of benzene rings is 2. The molecule has 7 heteroatoms. The van der Waals surface area contributed by atoms with Crippen molar-refractivity contribution in [2.75, 3.05) is 29.9 Å². The third-order valence-corrected chi connectivity index (χ3v) is 5.48. The van der Waals surface area contributed by atoms with E-state index in [0.29, 0.717) is 17.4 Å². The van der Waals surface area contributed by atoms with Crippen molar-refractivity contribution in [1.29, 1.82) is 0 Å². The molecule has 0 unspecified atom stereocenters. The van der Waals surface area contributed by atoms with Crippen molar-refractivity contribution in [3.05, 3.63) is 53.6 Å². The molecule has 1 N–H and O–H groups in total. The Kier molecular flexibility index (Phi) is 6.90. The van der Waals surface area contributed by atoms with Gasteiger partial charge in [0.25, 0.3) is 5.91 Å². The molecule has 1 saturated heterocycles. The van der Waals surface area contributed by atoms with Crippen LogP contribution in [-0.2, 0) is 11.0 Å². The van der Waals surface area contributed by atoms with E-state index >= 15 is 0 Å². The van der Waals surface area contributed by atoms with E-state index in [1.54, 1.807) is 12.1 Å². The van der Waals surface area contributed by atoms with E-state index in [0.717, 1.165) is 44.5 Å². The van der Waals surface area contributed by atoms with Gasteiger partial charge < -0.3 is 15.0 Å². The van der Waals surface area contributed by atoms with Crippen LogP contribution in [0.15, 0.2) is 42.5 Å². The van der Waals surface area contributed by atoms with Gasteiger partial charge >= 0.3 is 6.18 Å². The number of carbonyl (C=O) groups is 1. The number of halogens is 3. The average Bonchev–Trinajstić information content (AvgIpc) is 3.26. The van der Waals surface area contributed by atoms with E-state index in [-0.39, 0.29) is 12.3 Å². The standard InChI is InChI=1S/C23H27F3N2O2/c1-3-16(2)17-6-9-19(10-7-17)30-15-22(29)27-20-14-18(23(24,25)26)8-11-21(20)28-12-4-5-13-28/h6-11,14,16H,3-5,12-13,15H2,1-2H3,(H,27,29)/t16-/m1/s1. The molecule has 1 aliphatic heterocycles. The third-order valence-electron chi connectivity index (χ3n) is 5.48. The molecule has 0 radical (unpaired) electrons. The van der Waals surface area contributed by atoms with E-state index in [1.165, 1.54) is 11.6 Å². The second-order valence-electron chi connectivity index (χ2n) is 7.64. The van der Waals surface area contributed by atoms with E-state index in [9.17, 15) is 18.0 Å². The van der Waals surface area contributed by atoms with Crippen LogP contribution in [0.25, 0.3) is 0 Å². The zero-order chi connectivity index (χ0) is 21.7. The molecule has 3 rings (SSSR count). The van der Waals surface area contributed by atoms with Gasteiger partial charge in [-0.05, 0) is 61.1 Å². The summed E-state index contributed by atoms with van der Waals surface area (Å²) in [6.45, 7) is 5.48. The van der Waals surface area contributed by atoms with Crippen molar-refractivity contribution in [2.24, 2.45) is 0 Å². The van der Waals surface area contributed by atoms with E-state index in [4.69, 9.17) is 4.74 Å². The number of rotatable bonds is 7. The first-order chi connectivity index (χ1) is 14.3. The first-order valence-electron chi connectivity index (χ1n) is 10.3. The van der Waals surface area contributed by atoms with Crippen LogP contribution < -0.4 is 15.0 Å². The Morgan fingerprint density at radius 2 is 1.80 bits per heavy atom. The predicted octanol–water partition coefficient (Wildman–Crippen LogP) is 5.84. The van der Waals surface area contributed by atoms with Crippen molar-refractivity contribution < 1.29 is 22.7 Å². The van der Waals surface area contributed by atoms with Crippen molar-refractivity contribution >= 4 is 17.3 Å². The monoisotopic (exact) mass is 420 g/mol. The molecule has 0 bridgehead atoms. The van der Waals surface area contributed by atoms with Crippen molar-refractivity contribution in [2.45, 2.75) is 45.2 Å². The van der Waals surface area contributed by atoms with Crippen LogP contribution in [0.5, 0.6) is 5.75 Å².